The summed E-state index contributed by atoms with van der Waals surface area (Å²) in [4.78, 5) is 30.0. The number of hydrogen-bond donors (Lipinski definition) is 2. The van der Waals surface area contributed by atoms with Gasteiger partial charge < -0.3 is 19.7 Å². The van der Waals surface area contributed by atoms with Crippen LogP contribution in [0.5, 0.6) is 0 Å². The minimum Gasteiger partial charge on any atom is -0.480 e. The fourth-order valence-electron chi connectivity index (χ4n) is 3.20. The molecule has 8 heteroatoms. The number of imidazole rings is 1. The summed E-state index contributed by atoms with van der Waals surface area (Å²) in [6, 6.07) is 16.8. The van der Waals surface area contributed by atoms with Crippen LogP contribution >= 0.6 is 11.8 Å². The maximum absolute atomic E-state index is 13.1. The quantitative estimate of drug-likeness (QED) is 0.456. The zero-order chi connectivity index (χ0) is 23.3. The lowest BCUT2D eigenvalue weighted by molar-refractivity contribution is -0.138. The summed E-state index contributed by atoms with van der Waals surface area (Å²) in [5.74, 6) is -0.447. The molecule has 1 amide bonds. The number of aromatic nitrogens is 2. The van der Waals surface area contributed by atoms with Gasteiger partial charge in [-0.25, -0.2) is 4.98 Å². The van der Waals surface area contributed by atoms with Crippen LogP contribution < -0.4 is 5.32 Å². The Bertz CT molecular complexity index is 1090. The molecule has 32 heavy (non-hydrogen) atoms. The van der Waals surface area contributed by atoms with Gasteiger partial charge in [-0.3, -0.25) is 9.59 Å². The van der Waals surface area contributed by atoms with Crippen LogP contribution in [0.2, 0.25) is 0 Å². The van der Waals surface area contributed by atoms with E-state index in [2.05, 4.69) is 10.3 Å². The van der Waals surface area contributed by atoms with Crippen molar-refractivity contribution < 1.29 is 19.4 Å². The zero-order valence-electron chi connectivity index (χ0n) is 18.6. The Kier molecular flexibility index (Phi) is 7.37. The molecule has 2 N–H and O–H groups in total. The largest absolute Gasteiger partial charge is 0.480 e. The van der Waals surface area contributed by atoms with E-state index in [0.29, 0.717) is 36.1 Å². The predicted octanol–water partition coefficient (Wildman–Crippen LogP) is 4.71. The van der Waals surface area contributed by atoms with Crippen molar-refractivity contribution in [3.05, 3.63) is 66.0 Å². The number of anilines is 1. The second-order valence-electron chi connectivity index (χ2n) is 7.78. The molecule has 0 bridgehead atoms. The van der Waals surface area contributed by atoms with Crippen LogP contribution in [0, 0.1) is 6.92 Å². The predicted molar refractivity (Wildman–Crippen MR) is 126 cm³/mol. The molecule has 3 rings (SSSR count). The lowest BCUT2D eigenvalue weighted by Gasteiger charge is -2.18. The van der Waals surface area contributed by atoms with Crippen molar-refractivity contribution in [2.24, 2.45) is 0 Å². The van der Waals surface area contributed by atoms with E-state index < -0.39 is 10.7 Å². The van der Waals surface area contributed by atoms with Crippen LogP contribution in [0.25, 0.3) is 11.4 Å². The van der Waals surface area contributed by atoms with E-state index in [0.717, 1.165) is 10.5 Å². The number of benzene rings is 2. The van der Waals surface area contributed by atoms with Crippen molar-refractivity contribution in [2.45, 2.75) is 37.0 Å². The van der Waals surface area contributed by atoms with Gasteiger partial charge in [0.25, 0.3) is 5.91 Å². The van der Waals surface area contributed by atoms with Crippen molar-refractivity contribution >= 4 is 29.3 Å². The fraction of sp³-hybridized carbons (Fsp3) is 0.292. The molecule has 0 unspecified atom stereocenters. The van der Waals surface area contributed by atoms with Gasteiger partial charge in [0.2, 0.25) is 0 Å². The number of nitrogens with one attached hydrogen (secondary N) is 1. The van der Waals surface area contributed by atoms with Crippen molar-refractivity contribution in [3.63, 3.8) is 0 Å². The number of carboxylic acid groups (broad SMARTS) is 1. The van der Waals surface area contributed by atoms with Gasteiger partial charge in [0.05, 0.1) is 12.3 Å². The molecule has 0 saturated carbocycles. The first-order valence-electron chi connectivity index (χ1n) is 10.2. The molecule has 3 aromatic rings. The second-order valence-corrected chi connectivity index (χ2v) is 9.47. The molecule has 2 aromatic carbocycles. The lowest BCUT2D eigenvalue weighted by Crippen LogP contribution is -2.26. The van der Waals surface area contributed by atoms with Gasteiger partial charge >= 0.3 is 5.97 Å². The molecule has 0 saturated heterocycles. The number of hydrogen-bond acceptors (Lipinski definition) is 5. The number of thioether (sulfide) groups is 1. The standard InChI is InChI=1S/C24H27N3O4S/c1-16-20(22(28)26-18-8-6-5-7-9-18)27(14-15-31-4)21(25-16)17-10-12-19(13-11-17)32-24(2,3)23(29)30/h5-13H,14-15H2,1-4H3,(H,26,28)(H,29,30). The van der Waals surface area contributed by atoms with E-state index in [-0.39, 0.29) is 5.91 Å². The number of carboxylic acids is 1. The molecule has 7 nitrogen and oxygen atoms in total. The van der Waals surface area contributed by atoms with E-state index in [4.69, 9.17) is 4.74 Å². The molecule has 0 aliphatic carbocycles. The Labute approximate surface area is 191 Å². The minimum absolute atomic E-state index is 0.237. The second kappa shape index (κ2) is 10.0. The molecule has 0 spiro atoms. The average molecular weight is 454 g/mol. The Morgan fingerprint density at radius 2 is 1.78 bits per heavy atom. The van der Waals surface area contributed by atoms with Gasteiger partial charge in [-0.05, 0) is 45.0 Å². The lowest BCUT2D eigenvalue weighted by atomic mass is 10.2. The van der Waals surface area contributed by atoms with E-state index in [1.807, 2.05) is 66.1 Å². The van der Waals surface area contributed by atoms with Crippen LogP contribution in [-0.2, 0) is 16.1 Å². The molecule has 0 aliphatic rings. The molecule has 0 fully saturated rings. The summed E-state index contributed by atoms with van der Waals surface area (Å²) >= 11 is 1.28. The number of ether oxygens (including phenoxy) is 1. The smallest absolute Gasteiger partial charge is 0.319 e. The highest BCUT2D eigenvalue weighted by molar-refractivity contribution is 8.01. The first kappa shape index (κ1) is 23.6. The minimum atomic E-state index is -0.933. The number of carbonyl (C=O) groups excluding carboxylic acids is 1. The topological polar surface area (TPSA) is 93.4 Å². The third-order valence-electron chi connectivity index (χ3n) is 4.91. The van der Waals surface area contributed by atoms with Crippen LogP contribution in [0.3, 0.4) is 0 Å². The molecular weight excluding hydrogens is 426 g/mol. The first-order chi connectivity index (χ1) is 15.2. The van der Waals surface area contributed by atoms with E-state index in [1.54, 1.807) is 21.0 Å². The van der Waals surface area contributed by atoms with Crippen molar-refractivity contribution in [3.8, 4) is 11.4 Å². The summed E-state index contributed by atoms with van der Waals surface area (Å²) in [5.41, 5.74) is 2.64. The van der Waals surface area contributed by atoms with Gasteiger partial charge in [0.1, 0.15) is 16.3 Å². The fourth-order valence-corrected chi connectivity index (χ4v) is 4.15. The number of para-hydroxylation sites is 1. The molecule has 168 valence electrons. The molecule has 0 radical (unpaired) electrons. The zero-order valence-corrected chi connectivity index (χ0v) is 19.4. The maximum Gasteiger partial charge on any atom is 0.319 e. The normalized spacial score (nSPS) is 11.4. The Hall–Kier alpha value is -3.10. The number of aryl methyl sites for hydroxylation is 1. The van der Waals surface area contributed by atoms with Gasteiger partial charge in [-0.2, -0.15) is 0 Å². The molecule has 1 aromatic heterocycles. The van der Waals surface area contributed by atoms with E-state index in [1.165, 1.54) is 11.8 Å². The molecule has 0 aliphatic heterocycles. The highest BCUT2D eigenvalue weighted by Gasteiger charge is 2.28. The van der Waals surface area contributed by atoms with Crippen LogP contribution in [-0.4, -0.2) is 45.0 Å². The average Bonchev–Trinajstić information content (AvgIpc) is 3.09. The third-order valence-corrected chi connectivity index (χ3v) is 6.10. The number of amides is 1. The summed E-state index contributed by atoms with van der Waals surface area (Å²) in [5, 5.41) is 12.3. The summed E-state index contributed by atoms with van der Waals surface area (Å²) in [7, 11) is 1.61. The monoisotopic (exact) mass is 453 g/mol. The Morgan fingerprint density at radius 3 is 2.38 bits per heavy atom. The number of rotatable bonds is 9. The van der Waals surface area contributed by atoms with Crippen molar-refractivity contribution in [1.82, 2.24) is 9.55 Å². The third kappa shape index (κ3) is 5.38. The number of nitrogens with zero attached hydrogens (tertiary/aromatic N) is 2. The van der Waals surface area contributed by atoms with Crippen molar-refractivity contribution in [1.29, 1.82) is 0 Å². The molecule has 1 heterocycles. The van der Waals surface area contributed by atoms with Crippen LogP contribution in [0.4, 0.5) is 5.69 Å². The first-order valence-corrected chi connectivity index (χ1v) is 11.0. The summed E-state index contributed by atoms with van der Waals surface area (Å²) in [6.07, 6.45) is 0. The van der Waals surface area contributed by atoms with E-state index in [9.17, 15) is 14.7 Å². The Morgan fingerprint density at radius 1 is 1.12 bits per heavy atom. The van der Waals surface area contributed by atoms with Gasteiger partial charge in [-0.1, -0.05) is 30.3 Å². The van der Waals surface area contributed by atoms with Crippen LogP contribution in [0.1, 0.15) is 30.0 Å². The maximum atomic E-state index is 13.1. The highest BCUT2D eigenvalue weighted by atomic mass is 32.2. The molecular formula is C24H27N3O4S. The molecule has 0 atom stereocenters. The van der Waals surface area contributed by atoms with E-state index >= 15 is 0 Å². The van der Waals surface area contributed by atoms with Crippen molar-refractivity contribution in [2.75, 3.05) is 19.0 Å². The van der Waals surface area contributed by atoms with Gasteiger partial charge in [0, 0.05) is 29.8 Å². The van der Waals surface area contributed by atoms with Gasteiger partial charge in [0.15, 0.2) is 0 Å². The number of methoxy groups -OCH3 is 1. The Balaban J connectivity index is 1.93. The SMILES string of the molecule is COCCn1c(-c2ccc(SC(C)(C)C(=O)O)cc2)nc(C)c1C(=O)Nc1ccccc1. The summed E-state index contributed by atoms with van der Waals surface area (Å²) < 4.78 is 6.18. The number of carbonyl (C=O) groups is 2. The van der Waals surface area contributed by atoms with Crippen LogP contribution in [0.15, 0.2) is 59.5 Å². The highest BCUT2D eigenvalue weighted by Crippen LogP contribution is 2.34. The summed E-state index contributed by atoms with van der Waals surface area (Å²) in [6.45, 7) is 6.05. The number of aliphatic carboxylic acids is 1. The van der Waals surface area contributed by atoms with Gasteiger partial charge in [-0.15, -0.1) is 11.8 Å².